The van der Waals surface area contributed by atoms with Gasteiger partial charge < -0.3 is 4.42 Å². The Kier molecular flexibility index (Phi) is 4.52. The van der Waals surface area contributed by atoms with Crippen molar-refractivity contribution in [3.8, 4) is 11.5 Å². The van der Waals surface area contributed by atoms with Gasteiger partial charge in [-0.3, -0.25) is 4.79 Å². The number of halogens is 1. The summed E-state index contributed by atoms with van der Waals surface area (Å²) in [7, 11) is 0. The van der Waals surface area contributed by atoms with E-state index >= 15 is 0 Å². The summed E-state index contributed by atoms with van der Waals surface area (Å²) in [5.74, 6) is 0.794. The third kappa shape index (κ3) is 3.42. The first kappa shape index (κ1) is 14.5. The number of thiophene rings is 1. The van der Waals surface area contributed by atoms with E-state index in [1.54, 1.807) is 0 Å². The topological polar surface area (TPSA) is 56.0 Å². The monoisotopic (exact) mass is 380 g/mol. The number of ketones is 1. The molecule has 1 aromatic carbocycles. The average molecular weight is 381 g/mol. The Labute approximate surface area is 137 Å². The van der Waals surface area contributed by atoms with Crippen molar-refractivity contribution in [1.29, 1.82) is 0 Å². The molecule has 0 fully saturated rings. The zero-order valence-corrected chi connectivity index (χ0v) is 13.9. The highest BCUT2D eigenvalue weighted by molar-refractivity contribution is 9.10. The highest BCUT2D eigenvalue weighted by atomic mass is 79.9. The fourth-order valence-corrected chi connectivity index (χ4v) is 3.50. The molecule has 0 aliphatic carbocycles. The molecule has 0 aliphatic rings. The maximum atomic E-state index is 11.9. The lowest BCUT2D eigenvalue weighted by Gasteiger charge is -1.97. The molecule has 0 saturated carbocycles. The van der Waals surface area contributed by atoms with Gasteiger partial charge in [0.2, 0.25) is 5.89 Å². The highest BCUT2D eigenvalue weighted by Crippen LogP contribution is 2.29. The number of carbonyl (C=O) groups is 1. The maximum Gasteiger partial charge on any atom is 0.277 e. The van der Waals surface area contributed by atoms with Gasteiger partial charge in [0.1, 0.15) is 0 Å². The molecule has 0 bridgehead atoms. The van der Waals surface area contributed by atoms with Crippen LogP contribution in [0, 0.1) is 0 Å². The van der Waals surface area contributed by atoms with Crippen LogP contribution in [-0.2, 0) is 0 Å². The molecular weight excluding hydrogens is 372 g/mol. The number of benzene rings is 1. The van der Waals surface area contributed by atoms with E-state index in [9.17, 15) is 4.79 Å². The number of hydrogen-bond acceptors (Lipinski definition) is 6. The Balaban J connectivity index is 1.69. The Morgan fingerprint density at radius 1 is 1.24 bits per heavy atom. The Morgan fingerprint density at radius 3 is 2.86 bits per heavy atom. The van der Waals surface area contributed by atoms with Gasteiger partial charge in [0.25, 0.3) is 5.22 Å². The molecule has 0 N–H and O–H groups in total. The second kappa shape index (κ2) is 6.55. The van der Waals surface area contributed by atoms with Crippen LogP contribution >= 0.6 is 39.0 Å². The number of carbonyl (C=O) groups excluding carboxylic acids is 1. The van der Waals surface area contributed by atoms with E-state index < -0.39 is 0 Å². The average Bonchev–Trinajstić information content (AvgIpc) is 3.17. The normalized spacial score (nSPS) is 10.7. The molecular formula is C14H9BrN2O2S2. The van der Waals surface area contributed by atoms with Crippen molar-refractivity contribution in [1.82, 2.24) is 10.2 Å². The third-order valence-corrected chi connectivity index (χ3v) is 5.05. The minimum Gasteiger partial charge on any atom is -0.411 e. The summed E-state index contributed by atoms with van der Waals surface area (Å²) in [5.41, 5.74) is 0.835. The molecule has 2 heterocycles. The predicted octanol–water partition coefficient (Wildman–Crippen LogP) is 4.54. The molecule has 0 radical (unpaired) electrons. The number of aromatic nitrogens is 2. The highest BCUT2D eigenvalue weighted by Gasteiger charge is 2.14. The smallest absolute Gasteiger partial charge is 0.277 e. The zero-order valence-electron chi connectivity index (χ0n) is 10.7. The summed E-state index contributed by atoms with van der Waals surface area (Å²) in [6.07, 6.45) is 0. The van der Waals surface area contributed by atoms with Gasteiger partial charge in [-0.2, -0.15) is 0 Å². The van der Waals surface area contributed by atoms with Crippen molar-refractivity contribution in [3.05, 3.63) is 51.1 Å². The Hall–Kier alpha value is -1.44. The van der Waals surface area contributed by atoms with Crippen LogP contribution in [0.5, 0.6) is 0 Å². The Bertz CT molecular complexity index is 756. The second-order valence-corrected chi connectivity index (χ2v) is 6.77. The molecule has 7 heteroatoms. The number of nitrogens with zero attached hydrogens (tertiary/aromatic N) is 2. The van der Waals surface area contributed by atoms with Gasteiger partial charge >= 0.3 is 0 Å². The summed E-state index contributed by atoms with van der Waals surface area (Å²) >= 11 is 6.13. The molecule has 0 saturated heterocycles. The first-order chi connectivity index (χ1) is 10.2. The van der Waals surface area contributed by atoms with E-state index in [1.165, 1.54) is 23.1 Å². The molecule has 3 rings (SSSR count). The van der Waals surface area contributed by atoms with Crippen molar-refractivity contribution in [2.45, 2.75) is 5.22 Å². The minimum absolute atomic E-state index is 0.0654. The second-order valence-electron chi connectivity index (χ2n) is 4.04. The van der Waals surface area contributed by atoms with Gasteiger partial charge in [-0.05, 0) is 39.5 Å². The van der Waals surface area contributed by atoms with E-state index in [4.69, 9.17) is 4.42 Å². The van der Waals surface area contributed by atoms with E-state index in [0.717, 1.165) is 14.9 Å². The molecule has 21 heavy (non-hydrogen) atoms. The number of Topliss-reactive ketones (excluding diaryl/α,β-unsaturated/α-hetero) is 1. The van der Waals surface area contributed by atoms with Gasteiger partial charge in [-0.1, -0.05) is 30.0 Å². The molecule has 0 aliphatic heterocycles. The quantitative estimate of drug-likeness (QED) is 0.480. The molecule has 0 atom stereocenters. The first-order valence-electron chi connectivity index (χ1n) is 6.02. The van der Waals surface area contributed by atoms with Crippen LogP contribution in [0.2, 0.25) is 0 Å². The third-order valence-electron chi connectivity index (χ3n) is 2.63. The van der Waals surface area contributed by atoms with Crippen LogP contribution in [-0.4, -0.2) is 21.7 Å². The number of rotatable bonds is 5. The van der Waals surface area contributed by atoms with E-state index in [-0.39, 0.29) is 11.5 Å². The summed E-state index contributed by atoms with van der Waals surface area (Å²) in [6.45, 7) is 0. The molecule has 0 spiro atoms. The first-order valence-corrected chi connectivity index (χ1v) is 8.68. The number of hydrogen-bond donors (Lipinski definition) is 0. The van der Waals surface area contributed by atoms with E-state index in [2.05, 4.69) is 26.1 Å². The minimum atomic E-state index is 0.0654. The summed E-state index contributed by atoms with van der Waals surface area (Å²) in [5, 5.41) is 10.3. The van der Waals surface area contributed by atoms with Crippen LogP contribution in [0.4, 0.5) is 0 Å². The summed E-state index contributed by atoms with van der Waals surface area (Å²) < 4.78 is 6.47. The molecule has 4 nitrogen and oxygen atoms in total. The van der Waals surface area contributed by atoms with E-state index in [0.29, 0.717) is 11.1 Å². The fraction of sp³-hybridized carbons (Fsp3) is 0.0714. The van der Waals surface area contributed by atoms with Crippen molar-refractivity contribution >= 4 is 44.8 Å². The van der Waals surface area contributed by atoms with Crippen LogP contribution < -0.4 is 0 Å². The summed E-state index contributed by atoms with van der Waals surface area (Å²) in [6, 6.07) is 11.3. The van der Waals surface area contributed by atoms with Gasteiger partial charge in [-0.25, -0.2) is 0 Å². The van der Waals surface area contributed by atoms with Gasteiger partial charge in [0.15, 0.2) is 5.78 Å². The number of thioether (sulfide) groups is 1. The van der Waals surface area contributed by atoms with Crippen molar-refractivity contribution in [3.63, 3.8) is 0 Å². The summed E-state index contributed by atoms with van der Waals surface area (Å²) in [4.78, 5) is 12.6. The largest absolute Gasteiger partial charge is 0.411 e. The molecule has 3 aromatic rings. The lowest BCUT2D eigenvalue weighted by atomic mass is 10.2. The van der Waals surface area contributed by atoms with E-state index in [1.807, 2.05) is 41.8 Å². The predicted molar refractivity (Wildman–Crippen MR) is 86.8 cm³/mol. The van der Waals surface area contributed by atoms with Crippen LogP contribution in [0.1, 0.15) is 9.67 Å². The molecule has 0 unspecified atom stereocenters. The van der Waals surface area contributed by atoms with Crippen molar-refractivity contribution in [2.24, 2.45) is 0 Å². The Morgan fingerprint density at radius 2 is 2.10 bits per heavy atom. The van der Waals surface area contributed by atoms with Gasteiger partial charge in [-0.15, -0.1) is 21.5 Å². The zero-order chi connectivity index (χ0) is 14.7. The lowest BCUT2D eigenvalue weighted by Crippen LogP contribution is -1.98. The van der Waals surface area contributed by atoms with Gasteiger partial charge in [0.05, 0.1) is 16.2 Å². The van der Waals surface area contributed by atoms with Crippen molar-refractivity contribution in [2.75, 3.05) is 5.75 Å². The SMILES string of the molecule is O=C(CSc1nnc(-c2ccccc2Br)o1)c1cccs1. The lowest BCUT2D eigenvalue weighted by molar-refractivity contribution is 0.102. The van der Waals surface area contributed by atoms with Crippen LogP contribution in [0.15, 0.2) is 55.9 Å². The standard InChI is InChI=1S/C14H9BrN2O2S2/c15-10-5-2-1-4-9(10)13-16-17-14(19-13)21-8-11(18)12-6-3-7-20-12/h1-7H,8H2. The molecule has 2 aromatic heterocycles. The van der Waals surface area contributed by atoms with Crippen LogP contribution in [0.3, 0.4) is 0 Å². The van der Waals surface area contributed by atoms with Crippen LogP contribution in [0.25, 0.3) is 11.5 Å². The van der Waals surface area contributed by atoms with Crippen molar-refractivity contribution < 1.29 is 9.21 Å². The van der Waals surface area contributed by atoms with Gasteiger partial charge in [0, 0.05) is 4.47 Å². The maximum absolute atomic E-state index is 11.9. The molecule has 106 valence electrons. The fourth-order valence-electron chi connectivity index (χ4n) is 1.65. The molecule has 0 amide bonds.